The second-order valence-electron chi connectivity index (χ2n) is 8.37. The second kappa shape index (κ2) is 9.46. The Kier molecular flexibility index (Phi) is 6.21. The van der Waals surface area contributed by atoms with Crippen molar-refractivity contribution in [1.29, 1.82) is 0 Å². The van der Waals surface area contributed by atoms with E-state index in [0.29, 0.717) is 40.7 Å². The summed E-state index contributed by atoms with van der Waals surface area (Å²) in [6.45, 7) is 2.65. The minimum atomic E-state index is -0.401. The molecule has 8 heteroatoms. The van der Waals surface area contributed by atoms with Gasteiger partial charge in [0.15, 0.2) is 11.5 Å². The largest absolute Gasteiger partial charge is 0.493 e. The van der Waals surface area contributed by atoms with Gasteiger partial charge in [-0.15, -0.1) is 11.3 Å². The molecule has 3 heterocycles. The Bertz CT molecular complexity index is 1440. The van der Waals surface area contributed by atoms with E-state index in [9.17, 15) is 9.59 Å². The standard InChI is InChI=1S/C27H25NO6S/c1-16-11-26(29)34-22-13-18(6-7-19(16)22)33-15-21-20-14-24(32-3)23(31-2)12-17(20)8-9-28(21)27(30)25-5-4-10-35-25/h4-7,10-14,21H,8-9,15H2,1-3H3/t21-/m1/s1. The fourth-order valence-electron chi connectivity index (χ4n) is 4.56. The van der Waals surface area contributed by atoms with Gasteiger partial charge in [0, 0.05) is 24.1 Å². The van der Waals surface area contributed by atoms with Crippen LogP contribution in [0.1, 0.15) is 32.4 Å². The number of ether oxygens (including phenoxy) is 3. The first kappa shape index (κ1) is 23.0. The van der Waals surface area contributed by atoms with Crippen molar-refractivity contribution in [2.24, 2.45) is 0 Å². The molecule has 35 heavy (non-hydrogen) atoms. The van der Waals surface area contributed by atoms with Crippen LogP contribution < -0.4 is 19.8 Å². The maximum Gasteiger partial charge on any atom is 0.336 e. The van der Waals surface area contributed by atoms with Crippen LogP contribution in [0, 0.1) is 6.92 Å². The SMILES string of the molecule is COc1cc2c(cc1OC)[C@@H](COc1ccc3c(C)cc(=O)oc3c1)N(C(=O)c1cccs1)CC2. The number of rotatable bonds is 6. The zero-order valence-electron chi connectivity index (χ0n) is 19.7. The highest BCUT2D eigenvalue weighted by Gasteiger charge is 2.33. The van der Waals surface area contributed by atoms with Gasteiger partial charge in [-0.25, -0.2) is 4.79 Å². The fourth-order valence-corrected chi connectivity index (χ4v) is 5.24. The summed E-state index contributed by atoms with van der Waals surface area (Å²) in [5, 5.41) is 2.75. The van der Waals surface area contributed by atoms with Crippen LogP contribution in [0.2, 0.25) is 0 Å². The molecule has 1 aliphatic heterocycles. The molecule has 0 unspecified atom stereocenters. The normalized spacial score (nSPS) is 15.1. The highest BCUT2D eigenvalue weighted by atomic mass is 32.1. The Labute approximate surface area is 206 Å². The van der Waals surface area contributed by atoms with Crippen molar-refractivity contribution in [3.63, 3.8) is 0 Å². The highest BCUT2D eigenvalue weighted by Crippen LogP contribution is 2.39. The molecule has 2 aromatic carbocycles. The molecule has 0 N–H and O–H groups in total. The molecule has 0 saturated carbocycles. The molecule has 1 atom stereocenters. The molecule has 2 aromatic heterocycles. The van der Waals surface area contributed by atoms with Gasteiger partial charge in [0.25, 0.3) is 5.91 Å². The molecule has 0 bridgehead atoms. The lowest BCUT2D eigenvalue weighted by Crippen LogP contribution is -2.42. The van der Waals surface area contributed by atoms with Gasteiger partial charge in [-0.3, -0.25) is 4.79 Å². The Morgan fingerprint density at radius 1 is 1.11 bits per heavy atom. The highest BCUT2D eigenvalue weighted by molar-refractivity contribution is 7.12. The quantitative estimate of drug-likeness (QED) is 0.353. The van der Waals surface area contributed by atoms with Crippen LogP contribution in [0.25, 0.3) is 11.0 Å². The summed E-state index contributed by atoms with van der Waals surface area (Å²) in [5.74, 6) is 1.78. The molecular weight excluding hydrogens is 466 g/mol. The smallest absolute Gasteiger partial charge is 0.336 e. The maximum absolute atomic E-state index is 13.4. The number of carbonyl (C=O) groups excluding carboxylic acids is 1. The Hall–Kier alpha value is -3.78. The van der Waals surface area contributed by atoms with Crippen LogP contribution >= 0.6 is 11.3 Å². The minimum absolute atomic E-state index is 0.0332. The predicted molar refractivity (Wildman–Crippen MR) is 134 cm³/mol. The monoisotopic (exact) mass is 491 g/mol. The number of thiophene rings is 1. The summed E-state index contributed by atoms with van der Waals surface area (Å²) >= 11 is 1.42. The van der Waals surface area contributed by atoms with E-state index in [0.717, 1.165) is 22.1 Å². The maximum atomic E-state index is 13.4. The molecule has 7 nitrogen and oxygen atoms in total. The van der Waals surface area contributed by atoms with Gasteiger partial charge in [0.1, 0.15) is 17.9 Å². The number of benzene rings is 2. The summed E-state index contributed by atoms with van der Waals surface area (Å²) in [6.07, 6.45) is 0.698. The summed E-state index contributed by atoms with van der Waals surface area (Å²) < 4.78 is 22.6. The molecular formula is C27H25NO6S. The summed E-state index contributed by atoms with van der Waals surface area (Å²) in [6, 6.07) is 14.2. The first-order chi connectivity index (χ1) is 17.0. The topological polar surface area (TPSA) is 78.2 Å². The van der Waals surface area contributed by atoms with Gasteiger partial charge in [0.2, 0.25) is 0 Å². The van der Waals surface area contributed by atoms with E-state index >= 15 is 0 Å². The van der Waals surface area contributed by atoms with Crippen molar-refractivity contribution >= 4 is 28.2 Å². The lowest BCUT2D eigenvalue weighted by atomic mass is 9.92. The average Bonchev–Trinajstić information content (AvgIpc) is 3.40. The van der Waals surface area contributed by atoms with E-state index in [1.807, 2.05) is 53.6 Å². The first-order valence-electron chi connectivity index (χ1n) is 11.2. The molecule has 0 saturated heterocycles. The van der Waals surface area contributed by atoms with Crippen LogP contribution in [-0.4, -0.2) is 38.2 Å². The molecule has 1 amide bonds. The number of amides is 1. The van der Waals surface area contributed by atoms with E-state index in [2.05, 4.69) is 0 Å². The lowest BCUT2D eigenvalue weighted by Gasteiger charge is -2.37. The van der Waals surface area contributed by atoms with Crippen LogP contribution in [0.5, 0.6) is 17.2 Å². The number of fused-ring (bicyclic) bond motifs is 2. The second-order valence-corrected chi connectivity index (χ2v) is 9.31. The summed E-state index contributed by atoms with van der Waals surface area (Å²) in [5.41, 5.74) is 2.96. The number of methoxy groups -OCH3 is 2. The first-order valence-corrected chi connectivity index (χ1v) is 12.1. The van der Waals surface area contributed by atoms with Crippen LogP contribution in [0.3, 0.4) is 0 Å². The molecule has 5 rings (SSSR count). The number of carbonyl (C=O) groups is 1. The van der Waals surface area contributed by atoms with Crippen molar-refractivity contribution < 1.29 is 23.4 Å². The summed E-state index contributed by atoms with van der Waals surface area (Å²) in [4.78, 5) is 27.8. The molecule has 0 radical (unpaired) electrons. The van der Waals surface area contributed by atoms with Gasteiger partial charge in [-0.1, -0.05) is 6.07 Å². The molecule has 1 aliphatic rings. The van der Waals surface area contributed by atoms with Crippen molar-refractivity contribution in [1.82, 2.24) is 4.90 Å². The third kappa shape index (κ3) is 4.37. The van der Waals surface area contributed by atoms with Crippen molar-refractivity contribution in [3.8, 4) is 17.2 Å². The third-order valence-electron chi connectivity index (χ3n) is 6.33. The number of hydrogen-bond acceptors (Lipinski definition) is 7. The molecule has 0 fully saturated rings. The Morgan fingerprint density at radius 2 is 1.91 bits per heavy atom. The van der Waals surface area contributed by atoms with Gasteiger partial charge in [0.05, 0.1) is 25.1 Å². The number of nitrogens with zero attached hydrogens (tertiary/aromatic N) is 1. The van der Waals surface area contributed by atoms with Crippen molar-refractivity contribution in [3.05, 3.63) is 85.9 Å². The van der Waals surface area contributed by atoms with Crippen molar-refractivity contribution in [2.75, 3.05) is 27.4 Å². The zero-order chi connectivity index (χ0) is 24.5. The Balaban J connectivity index is 1.51. The lowest BCUT2D eigenvalue weighted by molar-refractivity contribution is 0.0594. The third-order valence-corrected chi connectivity index (χ3v) is 7.18. The number of aryl methyl sites for hydroxylation is 1. The molecule has 180 valence electrons. The predicted octanol–water partition coefficient (Wildman–Crippen LogP) is 5.00. The number of hydrogen-bond donors (Lipinski definition) is 0. The summed E-state index contributed by atoms with van der Waals surface area (Å²) in [7, 11) is 3.21. The average molecular weight is 492 g/mol. The van der Waals surface area contributed by atoms with E-state index < -0.39 is 5.63 Å². The van der Waals surface area contributed by atoms with Crippen LogP contribution in [0.4, 0.5) is 0 Å². The van der Waals surface area contributed by atoms with Gasteiger partial charge >= 0.3 is 5.63 Å². The van der Waals surface area contributed by atoms with Crippen LogP contribution in [0.15, 0.2) is 63.1 Å². The van der Waals surface area contributed by atoms with Crippen LogP contribution in [-0.2, 0) is 6.42 Å². The van der Waals surface area contributed by atoms with Gasteiger partial charge in [-0.2, -0.15) is 0 Å². The fraction of sp³-hybridized carbons (Fsp3) is 0.259. The zero-order valence-corrected chi connectivity index (χ0v) is 20.5. The van der Waals surface area contributed by atoms with E-state index in [1.54, 1.807) is 20.3 Å². The van der Waals surface area contributed by atoms with E-state index in [1.165, 1.54) is 17.4 Å². The van der Waals surface area contributed by atoms with Gasteiger partial charge in [-0.05, 0) is 65.7 Å². The van der Waals surface area contributed by atoms with Crippen molar-refractivity contribution in [2.45, 2.75) is 19.4 Å². The van der Waals surface area contributed by atoms with Gasteiger partial charge < -0.3 is 23.5 Å². The molecule has 0 spiro atoms. The molecule has 4 aromatic rings. The molecule has 0 aliphatic carbocycles. The van der Waals surface area contributed by atoms with E-state index in [4.69, 9.17) is 18.6 Å². The Morgan fingerprint density at radius 3 is 2.66 bits per heavy atom. The minimum Gasteiger partial charge on any atom is -0.493 e. The van der Waals surface area contributed by atoms with E-state index in [-0.39, 0.29) is 18.6 Å².